The van der Waals surface area contributed by atoms with E-state index in [0.717, 1.165) is 9.40 Å². The topological polar surface area (TPSA) is 46.6 Å². The zero-order chi connectivity index (χ0) is 17.5. The Bertz CT molecular complexity index is 917. The number of likely N-dealkylation sites (N-methyl/N-ethyl adjacent to an activating group) is 1. The maximum absolute atomic E-state index is 12.6. The number of benzene rings is 1. The minimum Gasteiger partial charge on any atom is -0.459 e. The molecule has 126 valence electrons. The van der Waals surface area contributed by atoms with E-state index in [0.29, 0.717) is 4.88 Å². The van der Waals surface area contributed by atoms with Crippen molar-refractivity contribution in [1.29, 1.82) is 0 Å². The van der Waals surface area contributed by atoms with Gasteiger partial charge in [-0.25, -0.2) is 0 Å². The van der Waals surface area contributed by atoms with Crippen LogP contribution in [0.3, 0.4) is 0 Å². The molecule has 0 spiro atoms. The Balaban J connectivity index is 1.79. The minimum absolute atomic E-state index is 0.0532. The van der Waals surface area contributed by atoms with Crippen LogP contribution in [0.15, 0.2) is 30.3 Å². The molecule has 0 aliphatic rings. The van der Waals surface area contributed by atoms with Gasteiger partial charge in [0, 0.05) is 21.8 Å². The Morgan fingerprint density at radius 3 is 2.54 bits per heavy atom. The van der Waals surface area contributed by atoms with Gasteiger partial charge in [-0.1, -0.05) is 18.2 Å². The molecule has 0 N–H and O–H groups in total. The number of fused-ring (bicyclic) bond motifs is 3. The quantitative estimate of drug-likeness (QED) is 0.644. The number of rotatable bonds is 3. The molecule has 0 radical (unpaired) electrons. The molecule has 2 aromatic heterocycles. The number of hydrogen-bond donors (Lipinski definition) is 0. The first-order valence-electron chi connectivity index (χ1n) is 7.63. The van der Waals surface area contributed by atoms with Crippen molar-refractivity contribution < 1.29 is 14.3 Å². The monoisotopic (exact) mass is 361 g/mol. The zero-order valence-corrected chi connectivity index (χ0v) is 15.7. The van der Waals surface area contributed by atoms with Crippen LogP contribution in [-0.2, 0) is 9.53 Å². The third kappa shape index (κ3) is 3.44. The molecule has 4 nitrogen and oxygen atoms in total. The summed E-state index contributed by atoms with van der Waals surface area (Å²) in [6, 6.07) is 10.1. The van der Waals surface area contributed by atoms with Gasteiger partial charge in [0.05, 0.1) is 9.58 Å². The van der Waals surface area contributed by atoms with Crippen LogP contribution in [0, 0.1) is 0 Å². The predicted octanol–water partition coefficient (Wildman–Crippen LogP) is 4.53. The van der Waals surface area contributed by atoms with Crippen LogP contribution in [0.1, 0.15) is 30.4 Å². The molecule has 6 heteroatoms. The van der Waals surface area contributed by atoms with E-state index in [4.69, 9.17) is 4.74 Å². The highest BCUT2D eigenvalue weighted by Crippen LogP contribution is 2.39. The highest BCUT2D eigenvalue weighted by atomic mass is 32.1. The lowest BCUT2D eigenvalue weighted by atomic mass is 10.2. The van der Waals surface area contributed by atoms with Crippen LogP contribution in [0.4, 0.5) is 0 Å². The smallest absolute Gasteiger partial charge is 0.326 e. The Morgan fingerprint density at radius 2 is 1.83 bits per heavy atom. The van der Waals surface area contributed by atoms with Crippen molar-refractivity contribution in [3.8, 4) is 0 Å². The normalized spacial score (nSPS) is 11.8. The van der Waals surface area contributed by atoms with E-state index in [2.05, 4.69) is 12.1 Å². The summed E-state index contributed by atoms with van der Waals surface area (Å²) in [7, 11) is 1.62. The van der Waals surface area contributed by atoms with Gasteiger partial charge < -0.3 is 9.64 Å². The molecular formula is C18H19NO3S2. The number of esters is 1. The molecule has 1 amide bonds. The molecule has 2 heterocycles. The van der Waals surface area contributed by atoms with Gasteiger partial charge >= 0.3 is 5.97 Å². The summed E-state index contributed by atoms with van der Waals surface area (Å²) >= 11 is 3.16. The van der Waals surface area contributed by atoms with E-state index in [9.17, 15) is 9.59 Å². The molecule has 3 rings (SSSR count). The fourth-order valence-corrected chi connectivity index (χ4v) is 4.95. The van der Waals surface area contributed by atoms with Crippen LogP contribution < -0.4 is 0 Å². The predicted molar refractivity (Wildman–Crippen MR) is 100 cm³/mol. The Hall–Kier alpha value is -1.92. The summed E-state index contributed by atoms with van der Waals surface area (Å²) in [5.74, 6) is -0.555. The Morgan fingerprint density at radius 1 is 1.12 bits per heavy atom. The fraction of sp³-hybridized carbons (Fsp3) is 0.333. The summed E-state index contributed by atoms with van der Waals surface area (Å²) in [5, 5.41) is 1.18. The lowest BCUT2D eigenvalue weighted by molar-refractivity contribution is -0.155. The standard InChI is InChI=1S/C18H19NO3S2/c1-18(2,3)22-15(20)10-19(4)17(21)14-9-13-16(24-14)11-7-5-6-8-12(11)23-13/h5-9H,10H2,1-4H3. The molecular weight excluding hydrogens is 342 g/mol. The Labute approximate surface area is 148 Å². The zero-order valence-electron chi connectivity index (χ0n) is 14.1. The second-order valence-electron chi connectivity index (χ2n) is 6.65. The molecule has 0 unspecified atom stereocenters. The summed E-state index contributed by atoms with van der Waals surface area (Å²) in [5.41, 5.74) is -0.550. The van der Waals surface area contributed by atoms with E-state index in [1.54, 1.807) is 18.4 Å². The first-order valence-corrected chi connectivity index (χ1v) is 9.26. The van der Waals surface area contributed by atoms with Crippen molar-refractivity contribution in [3.63, 3.8) is 0 Å². The van der Waals surface area contributed by atoms with Gasteiger partial charge in [0.1, 0.15) is 12.1 Å². The molecule has 0 fully saturated rings. The van der Waals surface area contributed by atoms with Gasteiger partial charge in [-0.15, -0.1) is 22.7 Å². The van der Waals surface area contributed by atoms with Crippen molar-refractivity contribution in [1.82, 2.24) is 4.90 Å². The highest BCUT2D eigenvalue weighted by Gasteiger charge is 2.22. The molecule has 0 saturated carbocycles. The van der Waals surface area contributed by atoms with Crippen LogP contribution in [-0.4, -0.2) is 36.0 Å². The van der Waals surface area contributed by atoms with Crippen LogP contribution in [0.2, 0.25) is 0 Å². The van der Waals surface area contributed by atoms with E-state index in [1.807, 2.05) is 39.0 Å². The van der Waals surface area contributed by atoms with Gasteiger partial charge in [-0.3, -0.25) is 9.59 Å². The largest absolute Gasteiger partial charge is 0.459 e. The number of thiophene rings is 2. The molecule has 24 heavy (non-hydrogen) atoms. The third-order valence-corrected chi connectivity index (χ3v) is 5.80. The van der Waals surface area contributed by atoms with Gasteiger partial charge in [0.2, 0.25) is 0 Å². The van der Waals surface area contributed by atoms with Crippen molar-refractivity contribution in [2.24, 2.45) is 0 Å². The Kier molecular flexibility index (Phi) is 4.36. The second-order valence-corrected chi connectivity index (χ2v) is 8.79. The minimum atomic E-state index is -0.550. The number of nitrogens with zero attached hydrogens (tertiary/aromatic N) is 1. The number of carbonyl (C=O) groups excluding carboxylic acids is 2. The highest BCUT2D eigenvalue weighted by molar-refractivity contribution is 7.33. The van der Waals surface area contributed by atoms with Crippen molar-refractivity contribution in [3.05, 3.63) is 35.2 Å². The number of ether oxygens (including phenoxy) is 1. The maximum Gasteiger partial charge on any atom is 0.326 e. The lowest BCUT2D eigenvalue weighted by Crippen LogP contribution is -2.35. The van der Waals surface area contributed by atoms with Gasteiger partial charge in [-0.05, 0) is 32.9 Å². The molecule has 0 bridgehead atoms. The molecule has 1 aromatic carbocycles. The summed E-state index contributed by atoms with van der Waals surface area (Å²) < 4.78 is 8.73. The average molecular weight is 361 g/mol. The summed E-state index contributed by atoms with van der Waals surface area (Å²) in [6.07, 6.45) is 0. The van der Waals surface area contributed by atoms with Gasteiger partial charge in [-0.2, -0.15) is 0 Å². The average Bonchev–Trinajstić information content (AvgIpc) is 3.01. The molecule has 3 aromatic rings. The van der Waals surface area contributed by atoms with E-state index < -0.39 is 11.6 Å². The van der Waals surface area contributed by atoms with Crippen molar-refractivity contribution in [2.45, 2.75) is 26.4 Å². The fourth-order valence-electron chi connectivity index (χ4n) is 2.43. The molecule has 0 aliphatic heterocycles. The van der Waals surface area contributed by atoms with Crippen LogP contribution >= 0.6 is 22.7 Å². The maximum atomic E-state index is 12.6. The van der Waals surface area contributed by atoms with Crippen LogP contribution in [0.25, 0.3) is 19.5 Å². The molecule has 0 aliphatic carbocycles. The first kappa shape index (κ1) is 16.9. The number of amides is 1. The number of hydrogen-bond acceptors (Lipinski definition) is 5. The third-order valence-electron chi connectivity index (χ3n) is 3.39. The number of carbonyl (C=O) groups is 2. The van der Waals surface area contributed by atoms with E-state index >= 15 is 0 Å². The van der Waals surface area contributed by atoms with E-state index in [1.165, 1.54) is 26.3 Å². The van der Waals surface area contributed by atoms with Gasteiger partial charge in [0.25, 0.3) is 5.91 Å². The van der Waals surface area contributed by atoms with Crippen LogP contribution in [0.5, 0.6) is 0 Å². The SMILES string of the molecule is CN(CC(=O)OC(C)(C)C)C(=O)c1cc2sc3ccccc3c2s1. The van der Waals surface area contributed by atoms with Crippen molar-refractivity contribution >= 4 is 54.0 Å². The second kappa shape index (κ2) is 6.18. The lowest BCUT2D eigenvalue weighted by Gasteiger charge is -2.22. The van der Waals surface area contributed by atoms with Crippen molar-refractivity contribution in [2.75, 3.05) is 13.6 Å². The summed E-state index contributed by atoms with van der Waals surface area (Å²) in [4.78, 5) is 26.5. The van der Waals surface area contributed by atoms with E-state index in [-0.39, 0.29) is 12.5 Å². The first-order chi connectivity index (χ1) is 11.2. The van der Waals surface area contributed by atoms with Gasteiger partial charge in [0.15, 0.2) is 0 Å². The molecule has 0 saturated heterocycles. The summed E-state index contributed by atoms with van der Waals surface area (Å²) in [6.45, 7) is 5.38. The molecule has 0 atom stereocenters.